The van der Waals surface area contributed by atoms with Crippen LogP contribution in [0.25, 0.3) is 0 Å². The van der Waals surface area contributed by atoms with Crippen molar-refractivity contribution in [2.75, 3.05) is 5.01 Å². The number of pyridine rings is 1. The highest BCUT2D eigenvalue weighted by molar-refractivity contribution is 6.33. The number of anilines is 1. The van der Waals surface area contributed by atoms with Crippen LogP contribution in [-0.2, 0) is 0 Å². The Labute approximate surface area is 99.3 Å². The zero-order chi connectivity index (χ0) is 12.6. The number of hydrogen-bond donors (Lipinski definition) is 1. The summed E-state index contributed by atoms with van der Waals surface area (Å²) in [6.07, 6.45) is -5.21. The molecule has 2 heterocycles. The molecule has 1 aliphatic heterocycles. The smallest absolute Gasteiger partial charge is 0.371 e. The fourth-order valence-electron chi connectivity index (χ4n) is 1.40. The van der Waals surface area contributed by atoms with Crippen LogP contribution in [-0.4, -0.2) is 28.2 Å². The predicted molar refractivity (Wildman–Crippen MR) is 55.8 cm³/mol. The molecule has 0 fully saturated rings. The van der Waals surface area contributed by atoms with Gasteiger partial charge in [-0.15, -0.1) is 0 Å². The van der Waals surface area contributed by atoms with Gasteiger partial charge in [-0.25, -0.2) is 9.99 Å². The van der Waals surface area contributed by atoms with E-state index in [0.29, 0.717) is 0 Å². The first-order valence-electron chi connectivity index (χ1n) is 4.62. The number of aliphatic hydroxyl groups is 1. The van der Waals surface area contributed by atoms with E-state index >= 15 is 0 Å². The Bertz CT molecular complexity index is 463. The molecule has 1 aliphatic rings. The van der Waals surface area contributed by atoms with Crippen molar-refractivity contribution >= 4 is 23.1 Å². The molecule has 17 heavy (non-hydrogen) atoms. The maximum atomic E-state index is 12.4. The number of nitrogens with zero attached hydrogens (tertiary/aromatic N) is 3. The highest BCUT2D eigenvalue weighted by Gasteiger charge is 2.43. The largest absolute Gasteiger partial charge is 0.431 e. The van der Waals surface area contributed by atoms with Crippen LogP contribution in [0.2, 0.25) is 5.02 Å². The maximum Gasteiger partial charge on any atom is 0.431 e. The van der Waals surface area contributed by atoms with Crippen molar-refractivity contribution in [2.24, 2.45) is 5.10 Å². The first kappa shape index (κ1) is 12.1. The fraction of sp³-hybridized carbons (Fsp3) is 0.333. The molecule has 1 aromatic heterocycles. The lowest BCUT2D eigenvalue weighted by Gasteiger charge is -2.18. The molecule has 92 valence electrons. The second-order valence-electron chi connectivity index (χ2n) is 3.38. The molecule has 1 aromatic rings. The van der Waals surface area contributed by atoms with E-state index in [9.17, 15) is 18.3 Å². The molecule has 4 nitrogen and oxygen atoms in total. The van der Waals surface area contributed by atoms with Gasteiger partial charge in [0.25, 0.3) is 0 Å². The van der Waals surface area contributed by atoms with Gasteiger partial charge in [0.05, 0.1) is 5.02 Å². The molecular formula is C9H7ClF3N3O. The molecule has 1 N–H and O–H groups in total. The van der Waals surface area contributed by atoms with Gasteiger partial charge < -0.3 is 5.11 Å². The summed E-state index contributed by atoms with van der Waals surface area (Å²) >= 11 is 5.77. The second kappa shape index (κ2) is 4.15. The minimum absolute atomic E-state index is 0.000849. The summed E-state index contributed by atoms with van der Waals surface area (Å²) in [4.78, 5) is 3.79. The number of aliphatic hydroxyl groups excluding tert-OH is 1. The van der Waals surface area contributed by atoms with Crippen molar-refractivity contribution in [1.82, 2.24) is 4.98 Å². The molecule has 0 spiro atoms. The van der Waals surface area contributed by atoms with E-state index in [-0.39, 0.29) is 10.8 Å². The molecular weight excluding hydrogens is 259 g/mol. The van der Waals surface area contributed by atoms with E-state index in [1.807, 2.05) is 0 Å². The molecule has 0 radical (unpaired) electrons. The van der Waals surface area contributed by atoms with Crippen LogP contribution in [0.1, 0.15) is 6.42 Å². The van der Waals surface area contributed by atoms with E-state index < -0.39 is 24.5 Å². The summed E-state index contributed by atoms with van der Waals surface area (Å²) in [6.45, 7) is 0. The zero-order valence-corrected chi connectivity index (χ0v) is 9.07. The molecule has 1 atom stereocenters. The van der Waals surface area contributed by atoms with Crippen molar-refractivity contribution in [3.8, 4) is 0 Å². The number of hydrogen-bond acceptors (Lipinski definition) is 4. The quantitative estimate of drug-likeness (QED) is 0.847. The van der Waals surface area contributed by atoms with Crippen LogP contribution in [0.3, 0.4) is 0 Å². The number of alkyl halides is 3. The topological polar surface area (TPSA) is 48.7 Å². The van der Waals surface area contributed by atoms with Crippen molar-refractivity contribution in [3.63, 3.8) is 0 Å². The van der Waals surface area contributed by atoms with E-state index in [0.717, 1.165) is 5.01 Å². The van der Waals surface area contributed by atoms with E-state index in [1.54, 1.807) is 0 Å². The summed E-state index contributed by atoms with van der Waals surface area (Å²) in [5.74, 6) is 0.000849. The maximum absolute atomic E-state index is 12.4. The third-order valence-corrected chi connectivity index (χ3v) is 2.46. The highest BCUT2D eigenvalue weighted by atomic mass is 35.5. The monoisotopic (exact) mass is 265 g/mol. The molecule has 0 bridgehead atoms. The first-order valence-corrected chi connectivity index (χ1v) is 5.00. The van der Waals surface area contributed by atoms with Crippen LogP contribution in [0.4, 0.5) is 19.0 Å². The molecule has 0 amide bonds. The van der Waals surface area contributed by atoms with E-state index in [2.05, 4.69) is 10.1 Å². The Kier molecular flexibility index (Phi) is 2.96. The molecule has 1 unspecified atom stereocenters. The molecule has 0 aromatic carbocycles. The highest BCUT2D eigenvalue weighted by Crippen LogP contribution is 2.32. The summed E-state index contributed by atoms with van der Waals surface area (Å²) < 4.78 is 37.2. The van der Waals surface area contributed by atoms with Crippen LogP contribution in [0.15, 0.2) is 23.4 Å². The van der Waals surface area contributed by atoms with Gasteiger partial charge in [0.2, 0.25) is 0 Å². The van der Waals surface area contributed by atoms with Crippen LogP contribution in [0.5, 0.6) is 0 Å². The second-order valence-corrected chi connectivity index (χ2v) is 3.79. The summed E-state index contributed by atoms with van der Waals surface area (Å²) in [7, 11) is 0. The van der Waals surface area contributed by atoms with Crippen LogP contribution >= 0.6 is 11.6 Å². The van der Waals surface area contributed by atoms with Crippen molar-refractivity contribution in [3.05, 3.63) is 23.4 Å². The minimum atomic E-state index is -4.56. The van der Waals surface area contributed by atoms with Gasteiger partial charge >= 0.3 is 6.18 Å². The predicted octanol–water partition coefficient (Wildman–Crippen LogP) is 2.18. The summed E-state index contributed by atoms with van der Waals surface area (Å²) in [5.41, 5.74) is -1.05. The Balaban J connectivity index is 2.35. The lowest BCUT2D eigenvalue weighted by Crippen LogP contribution is -2.27. The SMILES string of the molecule is OC1CC(C(F)(F)F)=NN1c1ncccc1Cl. The summed E-state index contributed by atoms with van der Waals surface area (Å²) in [6, 6.07) is 2.99. The van der Waals surface area contributed by atoms with E-state index in [4.69, 9.17) is 11.6 Å². The standard InChI is InChI=1S/C9H7ClF3N3O/c10-5-2-1-3-14-8(5)16-7(17)4-6(15-16)9(11,12)13/h1-3,7,17H,4H2. The Morgan fingerprint density at radius 1 is 1.47 bits per heavy atom. The van der Waals surface area contributed by atoms with Gasteiger partial charge in [-0.3, -0.25) is 0 Å². The number of hydrazone groups is 1. The Hall–Kier alpha value is -1.34. The zero-order valence-electron chi connectivity index (χ0n) is 8.32. The van der Waals surface area contributed by atoms with Gasteiger partial charge in [-0.2, -0.15) is 18.3 Å². The Morgan fingerprint density at radius 2 is 2.18 bits per heavy atom. The van der Waals surface area contributed by atoms with Crippen LogP contribution < -0.4 is 5.01 Å². The van der Waals surface area contributed by atoms with Gasteiger partial charge in [-0.05, 0) is 12.1 Å². The fourth-order valence-corrected chi connectivity index (χ4v) is 1.61. The Morgan fingerprint density at radius 3 is 2.71 bits per heavy atom. The average Bonchev–Trinajstić information content (AvgIpc) is 2.61. The number of aromatic nitrogens is 1. The number of halogens is 4. The van der Waals surface area contributed by atoms with Crippen LogP contribution in [0, 0.1) is 0 Å². The molecule has 0 saturated carbocycles. The normalized spacial score (nSPS) is 20.6. The summed E-state index contributed by atoms with van der Waals surface area (Å²) in [5, 5.41) is 13.7. The third kappa shape index (κ3) is 2.34. The third-order valence-electron chi connectivity index (χ3n) is 2.17. The molecule has 2 rings (SSSR count). The van der Waals surface area contributed by atoms with Gasteiger partial charge in [0.1, 0.15) is 5.71 Å². The molecule has 8 heteroatoms. The van der Waals surface area contributed by atoms with Gasteiger partial charge in [-0.1, -0.05) is 11.6 Å². The number of rotatable bonds is 1. The van der Waals surface area contributed by atoms with Crippen molar-refractivity contribution in [1.29, 1.82) is 0 Å². The van der Waals surface area contributed by atoms with E-state index in [1.165, 1.54) is 18.3 Å². The average molecular weight is 266 g/mol. The first-order chi connectivity index (χ1) is 7.89. The van der Waals surface area contributed by atoms with Gasteiger partial charge in [0, 0.05) is 12.6 Å². The lowest BCUT2D eigenvalue weighted by atomic mass is 10.2. The lowest BCUT2D eigenvalue weighted by molar-refractivity contribution is -0.0606. The minimum Gasteiger partial charge on any atom is -0.371 e. The van der Waals surface area contributed by atoms with Crippen molar-refractivity contribution < 1.29 is 18.3 Å². The molecule has 0 saturated heterocycles. The molecule has 0 aliphatic carbocycles. The van der Waals surface area contributed by atoms with Crippen molar-refractivity contribution in [2.45, 2.75) is 18.8 Å². The van der Waals surface area contributed by atoms with Gasteiger partial charge in [0.15, 0.2) is 12.0 Å².